The Balaban J connectivity index is 1.95. The standard InChI is InChI=1S/C16H25N3O/c1-11-6-13(9-16(2,3)8-11)20-10-12-4-5-19-14(7-12)15(17)18/h4-5,7,11,13H,6,8-10H2,1-3H3,(H3,17,18). The number of aromatic nitrogens is 1. The number of nitrogens with one attached hydrogen (secondary N) is 1. The van der Waals surface area contributed by atoms with E-state index in [1.54, 1.807) is 6.20 Å². The van der Waals surface area contributed by atoms with E-state index >= 15 is 0 Å². The SMILES string of the molecule is CC1CC(OCc2ccnc(C(=N)N)c2)CC(C)(C)C1. The van der Waals surface area contributed by atoms with Gasteiger partial charge < -0.3 is 10.5 Å². The molecule has 2 unspecified atom stereocenters. The third-order valence-corrected chi connectivity index (χ3v) is 3.93. The van der Waals surface area contributed by atoms with Crippen LogP contribution in [0.5, 0.6) is 0 Å². The van der Waals surface area contributed by atoms with Gasteiger partial charge in [-0.25, -0.2) is 0 Å². The van der Waals surface area contributed by atoms with Gasteiger partial charge in [0, 0.05) is 6.20 Å². The van der Waals surface area contributed by atoms with Crippen molar-refractivity contribution < 1.29 is 4.74 Å². The molecule has 0 amide bonds. The molecule has 1 aliphatic rings. The van der Waals surface area contributed by atoms with Crippen molar-refractivity contribution in [2.75, 3.05) is 0 Å². The third-order valence-electron chi connectivity index (χ3n) is 3.93. The third kappa shape index (κ3) is 4.04. The number of nitrogens with two attached hydrogens (primary N) is 1. The topological polar surface area (TPSA) is 72.0 Å². The van der Waals surface area contributed by atoms with Gasteiger partial charge in [-0.05, 0) is 48.3 Å². The van der Waals surface area contributed by atoms with E-state index in [2.05, 4.69) is 25.8 Å². The number of hydrogen-bond donors (Lipinski definition) is 2. The van der Waals surface area contributed by atoms with Gasteiger partial charge in [-0.2, -0.15) is 0 Å². The summed E-state index contributed by atoms with van der Waals surface area (Å²) in [4.78, 5) is 4.06. The summed E-state index contributed by atoms with van der Waals surface area (Å²) in [6.07, 6.45) is 5.53. The Morgan fingerprint density at radius 2 is 2.25 bits per heavy atom. The summed E-state index contributed by atoms with van der Waals surface area (Å²) in [7, 11) is 0. The number of ether oxygens (including phenoxy) is 1. The van der Waals surface area contributed by atoms with Crippen LogP contribution in [0.2, 0.25) is 0 Å². The molecule has 1 fully saturated rings. The molecule has 3 N–H and O–H groups in total. The Kier molecular flexibility index (Phi) is 4.43. The van der Waals surface area contributed by atoms with Gasteiger partial charge in [-0.1, -0.05) is 20.8 Å². The van der Waals surface area contributed by atoms with Gasteiger partial charge in [0.15, 0.2) is 0 Å². The number of rotatable bonds is 4. The number of hydrogen-bond acceptors (Lipinski definition) is 3. The molecule has 1 aromatic heterocycles. The van der Waals surface area contributed by atoms with Crippen molar-refractivity contribution in [1.29, 1.82) is 5.41 Å². The highest BCUT2D eigenvalue weighted by Crippen LogP contribution is 2.39. The molecule has 2 atom stereocenters. The van der Waals surface area contributed by atoms with Crippen molar-refractivity contribution in [1.82, 2.24) is 4.98 Å². The second-order valence-corrected chi connectivity index (χ2v) is 6.81. The Morgan fingerprint density at radius 3 is 2.90 bits per heavy atom. The highest BCUT2D eigenvalue weighted by molar-refractivity contribution is 5.93. The highest BCUT2D eigenvalue weighted by atomic mass is 16.5. The molecular formula is C16H25N3O. The fraction of sp³-hybridized carbons (Fsp3) is 0.625. The molecule has 4 heteroatoms. The number of nitrogens with zero attached hydrogens (tertiary/aromatic N) is 1. The monoisotopic (exact) mass is 275 g/mol. The van der Waals surface area contributed by atoms with Crippen molar-refractivity contribution in [2.45, 2.75) is 52.7 Å². The Morgan fingerprint density at radius 1 is 1.50 bits per heavy atom. The maximum atomic E-state index is 7.41. The van der Waals surface area contributed by atoms with Crippen LogP contribution < -0.4 is 5.73 Å². The Hall–Kier alpha value is -1.42. The van der Waals surface area contributed by atoms with E-state index in [1.807, 2.05) is 12.1 Å². The van der Waals surface area contributed by atoms with Crippen LogP contribution in [0.3, 0.4) is 0 Å². The smallest absolute Gasteiger partial charge is 0.141 e. The number of pyridine rings is 1. The average molecular weight is 275 g/mol. The summed E-state index contributed by atoms with van der Waals surface area (Å²) in [5, 5.41) is 7.41. The maximum absolute atomic E-state index is 7.41. The van der Waals surface area contributed by atoms with Crippen LogP contribution in [-0.2, 0) is 11.3 Å². The van der Waals surface area contributed by atoms with Crippen LogP contribution in [0.1, 0.15) is 51.3 Å². The van der Waals surface area contributed by atoms with E-state index in [-0.39, 0.29) is 5.84 Å². The van der Waals surface area contributed by atoms with Crippen LogP contribution in [0.4, 0.5) is 0 Å². The first-order valence-electron chi connectivity index (χ1n) is 7.27. The first kappa shape index (κ1) is 15.0. The van der Waals surface area contributed by atoms with Crippen LogP contribution in [0.15, 0.2) is 18.3 Å². The fourth-order valence-corrected chi connectivity index (χ4v) is 3.31. The van der Waals surface area contributed by atoms with Crippen molar-refractivity contribution in [3.8, 4) is 0 Å². The lowest BCUT2D eigenvalue weighted by Gasteiger charge is -2.38. The van der Waals surface area contributed by atoms with E-state index in [4.69, 9.17) is 15.9 Å². The summed E-state index contributed by atoms with van der Waals surface area (Å²) in [5.74, 6) is 0.716. The lowest BCUT2D eigenvalue weighted by atomic mass is 9.71. The average Bonchev–Trinajstić information content (AvgIpc) is 2.34. The van der Waals surface area contributed by atoms with Crippen molar-refractivity contribution in [3.63, 3.8) is 0 Å². The lowest BCUT2D eigenvalue weighted by molar-refractivity contribution is -0.0316. The van der Waals surface area contributed by atoms with Crippen molar-refractivity contribution in [2.24, 2.45) is 17.1 Å². The summed E-state index contributed by atoms with van der Waals surface area (Å²) in [6, 6.07) is 3.75. The van der Waals surface area contributed by atoms with E-state index in [0.29, 0.717) is 29.7 Å². The Labute approximate surface area is 121 Å². The van der Waals surface area contributed by atoms with Gasteiger partial charge in [0.1, 0.15) is 11.5 Å². The summed E-state index contributed by atoms with van der Waals surface area (Å²) >= 11 is 0. The summed E-state index contributed by atoms with van der Waals surface area (Å²) < 4.78 is 6.07. The molecule has 1 heterocycles. The van der Waals surface area contributed by atoms with Crippen LogP contribution in [-0.4, -0.2) is 16.9 Å². The minimum Gasteiger partial charge on any atom is -0.382 e. The first-order chi connectivity index (χ1) is 9.35. The number of amidine groups is 1. The molecule has 0 bridgehead atoms. The molecule has 110 valence electrons. The second kappa shape index (κ2) is 5.92. The normalized spacial score (nSPS) is 25.4. The van der Waals surface area contributed by atoms with E-state index < -0.39 is 0 Å². The molecule has 0 spiro atoms. The summed E-state index contributed by atoms with van der Waals surface area (Å²) in [5.41, 5.74) is 7.37. The van der Waals surface area contributed by atoms with Gasteiger partial charge in [-0.3, -0.25) is 10.4 Å². The predicted octanol–water partition coefficient (Wildman–Crippen LogP) is 3.10. The molecule has 1 aromatic rings. The molecule has 1 aliphatic carbocycles. The molecule has 20 heavy (non-hydrogen) atoms. The predicted molar refractivity (Wildman–Crippen MR) is 80.6 cm³/mol. The molecule has 2 rings (SSSR count). The zero-order valence-electron chi connectivity index (χ0n) is 12.6. The van der Waals surface area contributed by atoms with Crippen molar-refractivity contribution >= 4 is 5.84 Å². The van der Waals surface area contributed by atoms with E-state index in [0.717, 1.165) is 18.4 Å². The van der Waals surface area contributed by atoms with E-state index in [1.165, 1.54) is 6.42 Å². The van der Waals surface area contributed by atoms with Crippen LogP contribution in [0, 0.1) is 16.7 Å². The fourth-order valence-electron chi connectivity index (χ4n) is 3.31. The van der Waals surface area contributed by atoms with Gasteiger partial charge >= 0.3 is 0 Å². The molecule has 0 aliphatic heterocycles. The molecule has 1 saturated carbocycles. The first-order valence-corrected chi connectivity index (χ1v) is 7.27. The molecule has 0 radical (unpaired) electrons. The van der Waals surface area contributed by atoms with Gasteiger partial charge in [0.05, 0.1) is 12.7 Å². The van der Waals surface area contributed by atoms with Crippen LogP contribution >= 0.6 is 0 Å². The molecular weight excluding hydrogens is 250 g/mol. The van der Waals surface area contributed by atoms with Crippen LogP contribution in [0.25, 0.3) is 0 Å². The van der Waals surface area contributed by atoms with Gasteiger partial charge in [0.25, 0.3) is 0 Å². The summed E-state index contributed by atoms with van der Waals surface area (Å²) in [6.45, 7) is 7.51. The number of nitrogen functional groups attached to an aromatic ring is 1. The minimum atomic E-state index is -0.000674. The van der Waals surface area contributed by atoms with Gasteiger partial charge in [-0.15, -0.1) is 0 Å². The lowest BCUT2D eigenvalue weighted by Crippen LogP contribution is -2.32. The largest absolute Gasteiger partial charge is 0.382 e. The zero-order valence-corrected chi connectivity index (χ0v) is 12.6. The van der Waals surface area contributed by atoms with E-state index in [9.17, 15) is 0 Å². The molecule has 4 nitrogen and oxygen atoms in total. The Bertz CT molecular complexity index is 484. The quantitative estimate of drug-likeness (QED) is 0.655. The highest BCUT2D eigenvalue weighted by Gasteiger charge is 2.32. The second-order valence-electron chi connectivity index (χ2n) is 6.81. The molecule has 0 saturated heterocycles. The minimum absolute atomic E-state index is 0.000674. The maximum Gasteiger partial charge on any atom is 0.141 e. The van der Waals surface area contributed by atoms with Crippen molar-refractivity contribution in [3.05, 3.63) is 29.6 Å². The molecule has 0 aromatic carbocycles. The van der Waals surface area contributed by atoms with Gasteiger partial charge in [0.2, 0.25) is 0 Å². The zero-order chi connectivity index (χ0) is 14.8.